The zero-order chi connectivity index (χ0) is 22.4. The number of aliphatic carboxylic acids is 1. The highest BCUT2D eigenvalue weighted by Crippen LogP contribution is 2.34. The van der Waals surface area contributed by atoms with E-state index in [-0.39, 0.29) is 17.4 Å². The monoisotopic (exact) mass is 430 g/mol. The Morgan fingerprint density at radius 1 is 1.23 bits per heavy atom. The van der Waals surface area contributed by atoms with Gasteiger partial charge in [0, 0.05) is 30.8 Å². The summed E-state index contributed by atoms with van der Waals surface area (Å²) in [4.78, 5) is 28.3. The van der Waals surface area contributed by atoms with Crippen LogP contribution in [0.5, 0.6) is 0 Å². The van der Waals surface area contributed by atoms with Crippen molar-refractivity contribution in [2.75, 3.05) is 6.61 Å². The van der Waals surface area contributed by atoms with Crippen LogP contribution in [0, 0.1) is 11.3 Å². The Labute approximate surface area is 186 Å². The summed E-state index contributed by atoms with van der Waals surface area (Å²) in [7, 11) is 0. The molecule has 0 aliphatic heterocycles. The van der Waals surface area contributed by atoms with Crippen molar-refractivity contribution in [3.63, 3.8) is 0 Å². The lowest BCUT2D eigenvalue weighted by Gasteiger charge is -2.35. The maximum absolute atomic E-state index is 12.0. The molecule has 0 unspecified atom stereocenters. The molecule has 1 aromatic heterocycles. The smallest absolute Gasteiger partial charge is 0.326 e. The predicted molar refractivity (Wildman–Crippen MR) is 120 cm³/mol. The number of carbonyl (C=O) groups is 2. The molecular formula is C25H38N2O4. The quantitative estimate of drug-likeness (QED) is 0.584. The largest absolute Gasteiger partial charge is 0.480 e. The number of ether oxygens (including phenoxy) is 1. The first-order valence-corrected chi connectivity index (χ1v) is 11.8. The summed E-state index contributed by atoms with van der Waals surface area (Å²) in [6.45, 7) is 6.23. The minimum absolute atomic E-state index is 0.167. The van der Waals surface area contributed by atoms with Crippen LogP contribution in [0.2, 0.25) is 0 Å². The van der Waals surface area contributed by atoms with E-state index in [0.717, 1.165) is 32.1 Å². The van der Waals surface area contributed by atoms with Crippen molar-refractivity contribution >= 4 is 11.9 Å². The van der Waals surface area contributed by atoms with Gasteiger partial charge in [-0.05, 0) is 74.3 Å². The Hall–Kier alpha value is -1.95. The van der Waals surface area contributed by atoms with Gasteiger partial charge in [0.25, 0.3) is 0 Å². The highest BCUT2D eigenvalue weighted by molar-refractivity contribution is 5.83. The molecule has 0 aromatic carbocycles. The third-order valence-electron chi connectivity index (χ3n) is 6.32. The Morgan fingerprint density at radius 3 is 2.68 bits per heavy atom. The summed E-state index contributed by atoms with van der Waals surface area (Å²) in [6.07, 6.45) is 9.86. The third kappa shape index (κ3) is 7.60. The molecule has 1 heterocycles. The van der Waals surface area contributed by atoms with Gasteiger partial charge in [0.1, 0.15) is 6.04 Å². The second kappa shape index (κ2) is 10.6. The van der Waals surface area contributed by atoms with Crippen molar-refractivity contribution in [3.05, 3.63) is 29.1 Å². The summed E-state index contributed by atoms with van der Waals surface area (Å²) < 4.78 is 5.87. The Balaban J connectivity index is 1.31. The van der Waals surface area contributed by atoms with Gasteiger partial charge in [0.05, 0.1) is 6.10 Å². The molecule has 172 valence electrons. The summed E-state index contributed by atoms with van der Waals surface area (Å²) >= 11 is 0. The van der Waals surface area contributed by atoms with Gasteiger partial charge in [-0.15, -0.1) is 0 Å². The molecular weight excluding hydrogens is 392 g/mol. The predicted octanol–water partition coefficient (Wildman–Crippen LogP) is 4.08. The van der Waals surface area contributed by atoms with Crippen LogP contribution in [0.25, 0.3) is 0 Å². The minimum Gasteiger partial charge on any atom is -0.480 e. The Bertz CT molecular complexity index is 765. The number of carboxylic acids is 1. The standard InChI is InChI=1S/C25H38N2O4/c1-25(2,3)16-23(28)27-22(24(29)30)12-13-31-20-14-17(15-20)8-10-19-11-9-18-6-4-5-7-21(18)26-19/h9,11,17,20,22H,4-8,10,12-16H2,1-3H3,(H,27,28)(H,29,30)/t17?,20?,22-/m0/s1. The normalized spacial score (nSPS) is 21.6. The summed E-state index contributed by atoms with van der Waals surface area (Å²) in [5.41, 5.74) is 3.78. The molecule has 1 aromatic rings. The van der Waals surface area contributed by atoms with Crippen LogP contribution in [0.3, 0.4) is 0 Å². The number of aromatic nitrogens is 1. The van der Waals surface area contributed by atoms with Crippen LogP contribution in [0.1, 0.15) is 82.7 Å². The number of nitrogens with one attached hydrogen (secondary N) is 1. The fourth-order valence-corrected chi connectivity index (χ4v) is 4.50. The number of nitrogens with zero attached hydrogens (tertiary/aromatic N) is 1. The molecule has 1 fully saturated rings. The van der Waals surface area contributed by atoms with E-state index < -0.39 is 12.0 Å². The second-order valence-electron chi connectivity index (χ2n) is 10.5. The molecule has 1 saturated carbocycles. The molecule has 6 nitrogen and oxygen atoms in total. The number of pyridine rings is 1. The lowest BCUT2D eigenvalue weighted by atomic mass is 9.79. The van der Waals surface area contributed by atoms with E-state index in [0.29, 0.717) is 25.4 Å². The fraction of sp³-hybridized carbons (Fsp3) is 0.720. The van der Waals surface area contributed by atoms with Crippen LogP contribution in [-0.2, 0) is 33.6 Å². The van der Waals surface area contributed by atoms with Gasteiger partial charge >= 0.3 is 5.97 Å². The molecule has 0 saturated heterocycles. The number of aryl methyl sites for hydroxylation is 3. The molecule has 2 N–H and O–H groups in total. The lowest BCUT2D eigenvalue weighted by molar-refractivity contribution is -0.143. The van der Waals surface area contributed by atoms with E-state index >= 15 is 0 Å². The average Bonchev–Trinajstić information content (AvgIpc) is 2.66. The third-order valence-corrected chi connectivity index (χ3v) is 6.32. The summed E-state index contributed by atoms with van der Waals surface area (Å²) in [5.74, 6) is -0.570. The Kier molecular flexibility index (Phi) is 8.09. The highest BCUT2D eigenvalue weighted by Gasteiger charge is 2.30. The van der Waals surface area contributed by atoms with Gasteiger partial charge in [-0.2, -0.15) is 0 Å². The number of carboxylic acid groups (broad SMARTS) is 1. The highest BCUT2D eigenvalue weighted by atomic mass is 16.5. The first kappa shape index (κ1) is 23.7. The minimum atomic E-state index is -1.00. The van der Waals surface area contributed by atoms with E-state index in [1.807, 2.05) is 20.8 Å². The topological polar surface area (TPSA) is 88.5 Å². The number of rotatable bonds is 10. The van der Waals surface area contributed by atoms with E-state index in [1.165, 1.54) is 36.2 Å². The van der Waals surface area contributed by atoms with Crippen LogP contribution in [-0.4, -0.2) is 40.7 Å². The first-order chi connectivity index (χ1) is 14.7. The van der Waals surface area contributed by atoms with Crippen molar-refractivity contribution in [1.29, 1.82) is 0 Å². The van der Waals surface area contributed by atoms with E-state index in [4.69, 9.17) is 9.72 Å². The van der Waals surface area contributed by atoms with E-state index in [1.54, 1.807) is 0 Å². The molecule has 2 aliphatic carbocycles. The lowest BCUT2D eigenvalue weighted by Crippen LogP contribution is -2.43. The molecule has 0 bridgehead atoms. The van der Waals surface area contributed by atoms with Crippen LogP contribution >= 0.6 is 0 Å². The van der Waals surface area contributed by atoms with Gasteiger partial charge in [-0.3, -0.25) is 9.78 Å². The van der Waals surface area contributed by atoms with Crippen molar-refractivity contribution in [1.82, 2.24) is 10.3 Å². The number of carbonyl (C=O) groups excluding carboxylic acids is 1. The zero-order valence-corrected chi connectivity index (χ0v) is 19.3. The van der Waals surface area contributed by atoms with Crippen molar-refractivity contribution in [2.45, 2.75) is 97.1 Å². The molecule has 31 heavy (non-hydrogen) atoms. The molecule has 2 aliphatic rings. The maximum atomic E-state index is 12.0. The van der Waals surface area contributed by atoms with E-state index in [9.17, 15) is 14.7 Å². The van der Waals surface area contributed by atoms with Gasteiger partial charge in [0.2, 0.25) is 5.91 Å². The molecule has 6 heteroatoms. The van der Waals surface area contributed by atoms with Crippen molar-refractivity contribution in [3.8, 4) is 0 Å². The van der Waals surface area contributed by atoms with Crippen LogP contribution in [0.15, 0.2) is 12.1 Å². The van der Waals surface area contributed by atoms with Crippen LogP contribution < -0.4 is 5.32 Å². The number of amides is 1. The zero-order valence-electron chi connectivity index (χ0n) is 19.3. The SMILES string of the molecule is CC(C)(C)CC(=O)N[C@@H](CCOC1CC(CCc2ccc3c(n2)CCCC3)C1)C(=O)O. The fourth-order valence-electron chi connectivity index (χ4n) is 4.50. The van der Waals surface area contributed by atoms with Gasteiger partial charge in [-0.1, -0.05) is 26.8 Å². The van der Waals surface area contributed by atoms with Gasteiger partial charge in [0.15, 0.2) is 0 Å². The molecule has 0 radical (unpaired) electrons. The second-order valence-corrected chi connectivity index (χ2v) is 10.5. The summed E-state index contributed by atoms with van der Waals surface area (Å²) in [5, 5.41) is 12.0. The Morgan fingerprint density at radius 2 is 1.97 bits per heavy atom. The maximum Gasteiger partial charge on any atom is 0.326 e. The molecule has 1 amide bonds. The first-order valence-electron chi connectivity index (χ1n) is 11.8. The van der Waals surface area contributed by atoms with Crippen molar-refractivity contribution in [2.24, 2.45) is 11.3 Å². The van der Waals surface area contributed by atoms with Gasteiger partial charge < -0.3 is 15.2 Å². The van der Waals surface area contributed by atoms with Gasteiger partial charge in [-0.25, -0.2) is 4.79 Å². The van der Waals surface area contributed by atoms with Crippen LogP contribution in [0.4, 0.5) is 0 Å². The van der Waals surface area contributed by atoms with Crippen molar-refractivity contribution < 1.29 is 19.4 Å². The number of fused-ring (bicyclic) bond motifs is 1. The molecule has 1 atom stereocenters. The molecule has 0 spiro atoms. The average molecular weight is 431 g/mol. The summed E-state index contributed by atoms with van der Waals surface area (Å²) in [6, 6.07) is 3.57. The number of hydrogen-bond acceptors (Lipinski definition) is 4. The van der Waals surface area contributed by atoms with E-state index in [2.05, 4.69) is 17.4 Å². The number of hydrogen-bond donors (Lipinski definition) is 2. The molecule has 3 rings (SSSR count).